The summed E-state index contributed by atoms with van der Waals surface area (Å²) in [6, 6.07) is 0. The zero-order valence-corrected chi connectivity index (χ0v) is 10.3. The van der Waals surface area contributed by atoms with Gasteiger partial charge >= 0.3 is 5.97 Å². The molecule has 0 unspecified atom stereocenters. The largest absolute Gasteiger partial charge is 0.431 e. The van der Waals surface area contributed by atoms with Crippen LogP contribution in [0, 0.1) is 0 Å². The van der Waals surface area contributed by atoms with Crippen molar-refractivity contribution in [2.24, 2.45) is 0 Å². The molecule has 0 rings (SSSR count). The summed E-state index contributed by atoms with van der Waals surface area (Å²) < 4.78 is 5.24. The molecule has 0 aromatic rings. The molecule has 88 valence electrons. The third kappa shape index (κ3) is 8.22. The SMILES string of the molecule is CCC=C(CCCCCC)OC(=O)CC. The second-order valence-corrected chi connectivity index (χ2v) is 3.72. The standard InChI is InChI=1S/C13H24O2/c1-4-7-8-9-11-12(10-5-2)15-13(14)6-3/h10H,4-9,11H2,1-3H3. The molecule has 0 aliphatic rings. The number of hydrogen-bond acceptors (Lipinski definition) is 2. The van der Waals surface area contributed by atoms with Gasteiger partial charge in [-0.3, -0.25) is 4.79 Å². The maximum atomic E-state index is 11.1. The number of carbonyl (C=O) groups is 1. The summed E-state index contributed by atoms with van der Waals surface area (Å²) in [4.78, 5) is 11.1. The smallest absolute Gasteiger partial charge is 0.310 e. The highest BCUT2D eigenvalue weighted by molar-refractivity contribution is 5.70. The molecule has 15 heavy (non-hydrogen) atoms. The van der Waals surface area contributed by atoms with Gasteiger partial charge in [0.15, 0.2) is 0 Å². The van der Waals surface area contributed by atoms with Gasteiger partial charge in [-0.2, -0.15) is 0 Å². The first-order valence-electron chi connectivity index (χ1n) is 6.14. The van der Waals surface area contributed by atoms with Crippen LogP contribution in [0.3, 0.4) is 0 Å². The van der Waals surface area contributed by atoms with Crippen LogP contribution < -0.4 is 0 Å². The Morgan fingerprint density at radius 1 is 1.13 bits per heavy atom. The molecule has 0 aromatic heterocycles. The van der Waals surface area contributed by atoms with Gasteiger partial charge in [-0.15, -0.1) is 0 Å². The summed E-state index contributed by atoms with van der Waals surface area (Å²) >= 11 is 0. The molecule has 0 heterocycles. The lowest BCUT2D eigenvalue weighted by Crippen LogP contribution is -2.02. The summed E-state index contributed by atoms with van der Waals surface area (Å²) in [6.07, 6.45) is 9.15. The molecular weight excluding hydrogens is 188 g/mol. The average molecular weight is 212 g/mol. The number of carbonyl (C=O) groups excluding carboxylic acids is 1. The van der Waals surface area contributed by atoms with Crippen molar-refractivity contribution in [1.82, 2.24) is 0 Å². The van der Waals surface area contributed by atoms with Crippen LogP contribution in [0.4, 0.5) is 0 Å². The van der Waals surface area contributed by atoms with E-state index in [0.29, 0.717) is 6.42 Å². The van der Waals surface area contributed by atoms with Crippen molar-refractivity contribution >= 4 is 5.97 Å². The highest BCUT2D eigenvalue weighted by atomic mass is 16.5. The zero-order chi connectivity index (χ0) is 11.5. The van der Waals surface area contributed by atoms with E-state index in [1.54, 1.807) is 0 Å². The first-order chi connectivity index (χ1) is 7.24. The Labute approximate surface area is 93.7 Å². The molecule has 0 aliphatic carbocycles. The predicted molar refractivity (Wildman–Crippen MR) is 63.5 cm³/mol. The highest BCUT2D eigenvalue weighted by Gasteiger charge is 2.03. The molecule has 0 saturated carbocycles. The van der Waals surface area contributed by atoms with Gasteiger partial charge in [0, 0.05) is 12.8 Å². The van der Waals surface area contributed by atoms with E-state index in [9.17, 15) is 4.79 Å². The summed E-state index contributed by atoms with van der Waals surface area (Å²) in [5.41, 5.74) is 0. The molecule has 0 fully saturated rings. The Hall–Kier alpha value is -0.790. The van der Waals surface area contributed by atoms with Crippen molar-refractivity contribution in [3.63, 3.8) is 0 Å². The number of esters is 1. The van der Waals surface area contributed by atoms with Crippen molar-refractivity contribution in [3.05, 3.63) is 11.8 Å². The van der Waals surface area contributed by atoms with Crippen molar-refractivity contribution in [2.75, 3.05) is 0 Å². The Balaban J connectivity index is 3.84. The minimum atomic E-state index is -0.120. The van der Waals surface area contributed by atoms with E-state index in [1.807, 2.05) is 13.0 Å². The van der Waals surface area contributed by atoms with E-state index in [2.05, 4.69) is 13.8 Å². The van der Waals surface area contributed by atoms with Crippen LogP contribution in [-0.2, 0) is 9.53 Å². The third-order valence-electron chi connectivity index (χ3n) is 2.24. The van der Waals surface area contributed by atoms with E-state index in [-0.39, 0.29) is 5.97 Å². The molecule has 2 heteroatoms. The Morgan fingerprint density at radius 2 is 1.87 bits per heavy atom. The molecular formula is C13H24O2. The molecule has 2 nitrogen and oxygen atoms in total. The van der Waals surface area contributed by atoms with Crippen molar-refractivity contribution in [3.8, 4) is 0 Å². The fourth-order valence-electron chi connectivity index (χ4n) is 1.37. The minimum Gasteiger partial charge on any atom is -0.431 e. The van der Waals surface area contributed by atoms with Crippen molar-refractivity contribution in [1.29, 1.82) is 0 Å². The average Bonchev–Trinajstić information content (AvgIpc) is 2.24. The van der Waals surface area contributed by atoms with Gasteiger partial charge in [0.25, 0.3) is 0 Å². The zero-order valence-electron chi connectivity index (χ0n) is 10.3. The van der Waals surface area contributed by atoms with Gasteiger partial charge < -0.3 is 4.74 Å². The Morgan fingerprint density at radius 3 is 2.40 bits per heavy atom. The molecule has 0 saturated heterocycles. The lowest BCUT2D eigenvalue weighted by Gasteiger charge is -2.07. The molecule has 0 atom stereocenters. The van der Waals surface area contributed by atoms with Crippen LogP contribution in [0.15, 0.2) is 11.8 Å². The highest BCUT2D eigenvalue weighted by Crippen LogP contribution is 2.13. The fourth-order valence-corrected chi connectivity index (χ4v) is 1.37. The summed E-state index contributed by atoms with van der Waals surface area (Å²) in [6.45, 7) is 6.08. The fraction of sp³-hybridized carbons (Fsp3) is 0.769. The van der Waals surface area contributed by atoms with Gasteiger partial charge in [0.2, 0.25) is 0 Å². The van der Waals surface area contributed by atoms with Crippen LogP contribution in [0.5, 0.6) is 0 Å². The van der Waals surface area contributed by atoms with Gasteiger partial charge in [0.1, 0.15) is 5.76 Å². The summed E-state index contributed by atoms with van der Waals surface area (Å²) in [5, 5.41) is 0. The molecule has 0 N–H and O–H groups in total. The van der Waals surface area contributed by atoms with E-state index >= 15 is 0 Å². The third-order valence-corrected chi connectivity index (χ3v) is 2.24. The van der Waals surface area contributed by atoms with Crippen LogP contribution in [0.2, 0.25) is 0 Å². The Bertz CT molecular complexity index is 195. The number of allylic oxidation sites excluding steroid dienone is 2. The topological polar surface area (TPSA) is 26.3 Å². The number of hydrogen-bond donors (Lipinski definition) is 0. The van der Waals surface area contributed by atoms with Crippen LogP contribution in [0.1, 0.15) is 65.7 Å². The van der Waals surface area contributed by atoms with E-state index in [0.717, 1.165) is 25.0 Å². The molecule has 0 aliphatic heterocycles. The number of unbranched alkanes of at least 4 members (excludes halogenated alkanes) is 3. The molecule has 0 aromatic carbocycles. The maximum absolute atomic E-state index is 11.1. The molecule has 0 amide bonds. The summed E-state index contributed by atoms with van der Waals surface area (Å²) in [7, 11) is 0. The van der Waals surface area contributed by atoms with Crippen LogP contribution in [-0.4, -0.2) is 5.97 Å². The second-order valence-electron chi connectivity index (χ2n) is 3.72. The van der Waals surface area contributed by atoms with Crippen molar-refractivity contribution < 1.29 is 9.53 Å². The quantitative estimate of drug-likeness (QED) is 0.342. The van der Waals surface area contributed by atoms with Crippen molar-refractivity contribution in [2.45, 2.75) is 65.7 Å². The van der Waals surface area contributed by atoms with Crippen LogP contribution >= 0.6 is 0 Å². The molecule has 0 bridgehead atoms. The van der Waals surface area contributed by atoms with Gasteiger partial charge in [-0.05, 0) is 18.9 Å². The lowest BCUT2D eigenvalue weighted by atomic mass is 10.1. The lowest BCUT2D eigenvalue weighted by molar-refractivity contribution is -0.139. The number of ether oxygens (including phenoxy) is 1. The van der Waals surface area contributed by atoms with E-state index in [1.165, 1.54) is 19.3 Å². The van der Waals surface area contributed by atoms with Gasteiger partial charge in [-0.25, -0.2) is 0 Å². The summed E-state index contributed by atoms with van der Waals surface area (Å²) in [5.74, 6) is 0.741. The monoisotopic (exact) mass is 212 g/mol. The first-order valence-corrected chi connectivity index (χ1v) is 6.14. The van der Waals surface area contributed by atoms with E-state index in [4.69, 9.17) is 4.74 Å². The van der Waals surface area contributed by atoms with E-state index < -0.39 is 0 Å². The Kier molecular flexibility index (Phi) is 9.24. The maximum Gasteiger partial charge on any atom is 0.310 e. The molecule has 0 radical (unpaired) electrons. The molecule has 0 spiro atoms. The van der Waals surface area contributed by atoms with Gasteiger partial charge in [-0.1, -0.05) is 40.0 Å². The minimum absolute atomic E-state index is 0.120. The predicted octanol–water partition coefficient (Wildman–Crippen LogP) is 4.20. The second kappa shape index (κ2) is 9.75. The first kappa shape index (κ1) is 14.2. The number of rotatable bonds is 8. The van der Waals surface area contributed by atoms with Gasteiger partial charge in [0.05, 0.1) is 0 Å². The van der Waals surface area contributed by atoms with Crippen LogP contribution in [0.25, 0.3) is 0 Å². The normalized spacial score (nSPS) is 11.5.